The van der Waals surface area contributed by atoms with Crippen LogP contribution in [0.5, 0.6) is 0 Å². The normalized spacial score (nSPS) is 19.3. The summed E-state index contributed by atoms with van der Waals surface area (Å²) in [5.41, 5.74) is -0.269. The number of carbonyl (C=O) groups excluding carboxylic acids is 1. The molecule has 5 nitrogen and oxygen atoms in total. The Morgan fingerprint density at radius 1 is 0.955 bits per heavy atom. The smallest absolute Gasteiger partial charge is 0.459 e. The van der Waals surface area contributed by atoms with E-state index in [9.17, 15) is 4.79 Å². The highest BCUT2D eigenvalue weighted by atomic mass is 28.4. The molecular formula is C16H32O5Si. The van der Waals surface area contributed by atoms with Gasteiger partial charge in [-0.25, -0.2) is 0 Å². The van der Waals surface area contributed by atoms with Crippen molar-refractivity contribution in [1.29, 1.82) is 0 Å². The lowest BCUT2D eigenvalue weighted by Crippen LogP contribution is -2.43. The van der Waals surface area contributed by atoms with Crippen LogP contribution >= 0.6 is 0 Å². The predicted molar refractivity (Wildman–Crippen MR) is 87.6 cm³/mol. The van der Waals surface area contributed by atoms with Gasteiger partial charge in [-0.1, -0.05) is 26.2 Å². The van der Waals surface area contributed by atoms with Gasteiger partial charge in [0.25, 0.3) is 0 Å². The van der Waals surface area contributed by atoms with E-state index in [1.165, 1.54) is 19.3 Å². The van der Waals surface area contributed by atoms with E-state index in [1.807, 2.05) is 0 Å². The van der Waals surface area contributed by atoms with Crippen LogP contribution in [-0.4, -0.2) is 41.7 Å². The molecule has 1 aliphatic rings. The molecule has 0 radical (unpaired) electrons. The monoisotopic (exact) mass is 332 g/mol. The van der Waals surface area contributed by atoms with Crippen LogP contribution in [0, 0.1) is 0 Å². The topological polar surface area (TPSA) is 54.0 Å². The van der Waals surface area contributed by atoms with E-state index in [0.717, 1.165) is 32.1 Å². The molecule has 1 fully saturated rings. The first-order valence-electron chi connectivity index (χ1n) is 8.42. The largest absolute Gasteiger partial charge is 0.500 e. The zero-order valence-electron chi connectivity index (χ0n) is 14.6. The summed E-state index contributed by atoms with van der Waals surface area (Å²) in [4.78, 5) is 12.3. The lowest BCUT2D eigenvalue weighted by atomic mass is 9.85. The maximum absolute atomic E-state index is 12.3. The van der Waals surface area contributed by atoms with Crippen LogP contribution in [0.4, 0.5) is 0 Å². The number of ether oxygens (including phenoxy) is 1. The Kier molecular flexibility index (Phi) is 8.60. The third-order valence-electron chi connectivity index (χ3n) is 4.81. The Morgan fingerprint density at radius 2 is 1.45 bits per heavy atom. The van der Waals surface area contributed by atoms with E-state index in [2.05, 4.69) is 6.92 Å². The first-order chi connectivity index (χ1) is 10.6. The fourth-order valence-electron chi connectivity index (χ4n) is 3.18. The van der Waals surface area contributed by atoms with Crippen molar-refractivity contribution in [1.82, 2.24) is 0 Å². The second-order valence-electron chi connectivity index (χ2n) is 6.07. The lowest BCUT2D eigenvalue weighted by molar-refractivity contribution is -0.162. The van der Waals surface area contributed by atoms with Crippen molar-refractivity contribution in [2.75, 3.05) is 21.3 Å². The van der Waals surface area contributed by atoms with Crippen LogP contribution in [-0.2, 0) is 22.8 Å². The summed E-state index contributed by atoms with van der Waals surface area (Å²) in [7, 11) is 1.99. The molecule has 1 rings (SSSR count). The zero-order valence-corrected chi connectivity index (χ0v) is 15.6. The summed E-state index contributed by atoms with van der Waals surface area (Å²) < 4.78 is 22.0. The molecule has 0 unspecified atom stereocenters. The Hall–Kier alpha value is -0.433. The highest BCUT2D eigenvalue weighted by molar-refractivity contribution is 6.60. The Balaban J connectivity index is 2.56. The van der Waals surface area contributed by atoms with E-state index in [0.29, 0.717) is 6.04 Å². The van der Waals surface area contributed by atoms with Crippen LogP contribution in [0.3, 0.4) is 0 Å². The molecule has 0 heterocycles. The van der Waals surface area contributed by atoms with Gasteiger partial charge in [-0.15, -0.1) is 0 Å². The summed E-state index contributed by atoms with van der Waals surface area (Å²) >= 11 is 0. The van der Waals surface area contributed by atoms with E-state index in [4.69, 9.17) is 18.0 Å². The molecule has 0 aromatic rings. The van der Waals surface area contributed by atoms with Crippen LogP contribution in [0.25, 0.3) is 0 Å². The average Bonchev–Trinajstić information content (AvgIpc) is 2.52. The van der Waals surface area contributed by atoms with Crippen molar-refractivity contribution in [2.24, 2.45) is 0 Å². The van der Waals surface area contributed by atoms with Gasteiger partial charge in [0.2, 0.25) is 0 Å². The number of carbonyl (C=O) groups is 1. The molecule has 0 saturated heterocycles. The SMILES string of the molecule is CCC1(OC(=O)CC[Si](OC)(OC)OC)CCCCCCC1. The summed E-state index contributed by atoms with van der Waals surface area (Å²) in [6, 6.07) is 0.453. The maximum Gasteiger partial charge on any atom is 0.500 e. The molecule has 0 bridgehead atoms. The highest BCUT2D eigenvalue weighted by Crippen LogP contribution is 2.33. The summed E-state index contributed by atoms with van der Waals surface area (Å²) in [6.07, 6.45) is 9.22. The van der Waals surface area contributed by atoms with Crippen LogP contribution < -0.4 is 0 Å². The molecule has 1 saturated carbocycles. The van der Waals surface area contributed by atoms with Crippen LogP contribution in [0.15, 0.2) is 0 Å². The molecular weight excluding hydrogens is 300 g/mol. The minimum atomic E-state index is -2.70. The van der Waals surface area contributed by atoms with Gasteiger partial charge < -0.3 is 18.0 Å². The molecule has 0 aliphatic heterocycles. The maximum atomic E-state index is 12.3. The minimum absolute atomic E-state index is 0.162. The van der Waals surface area contributed by atoms with E-state index in [-0.39, 0.29) is 18.0 Å². The molecule has 0 atom stereocenters. The highest BCUT2D eigenvalue weighted by Gasteiger charge is 2.39. The predicted octanol–water partition coefficient (Wildman–Crippen LogP) is 3.69. The van der Waals surface area contributed by atoms with Crippen molar-refractivity contribution >= 4 is 14.8 Å². The quantitative estimate of drug-likeness (QED) is 0.501. The van der Waals surface area contributed by atoms with Crippen LogP contribution in [0.1, 0.15) is 64.7 Å². The molecule has 22 heavy (non-hydrogen) atoms. The Labute approximate surface area is 136 Å². The van der Waals surface area contributed by atoms with Gasteiger partial charge in [-0.2, -0.15) is 0 Å². The Bertz CT molecular complexity index is 314. The molecule has 6 heteroatoms. The van der Waals surface area contributed by atoms with Crippen molar-refractivity contribution in [2.45, 2.75) is 76.4 Å². The fraction of sp³-hybridized carbons (Fsp3) is 0.938. The molecule has 0 aromatic heterocycles. The van der Waals surface area contributed by atoms with E-state index in [1.54, 1.807) is 21.3 Å². The lowest BCUT2D eigenvalue weighted by Gasteiger charge is -2.34. The minimum Gasteiger partial charge on any atom is -0.459 e. The van der Waals surface area contributed by atoms with Gasteiger partial charge in [-0.3, -0.25) is 4.79 Å². The molecule has 130 valence electrons. The molecule has 0 aromatic carbocycles. The van der Waals surface area contributed by atoms with Gasteiger partial charge in [0.1, 0.15) is 5.60 Å². The van der Waals surface area contributed by atoms with Crippen molar-refractivity contribution in [3.63, 3.8) is 0 Å². The van der Waals surface area contributed by atoms with E-state index < -0.39 is 8.80 Å². The molecule has 1 aliphatic carbocycles. The standard InChI is InChI=1S/C16H32O5Si/c1-5-16(12-9-7-6-8-10-13-16)21-15(17)11-14-22(18-2,19-3)20-4/h5-14H2,1-4H3. The zero-order chi connectivity index (χ0) is 16.5. The fourth-order valence-corrected chi connectivity index (χ4v) is 4.80. The average molecular weight is 333 g/mol. The first kappa shape index (κ1) is 19.6. The summed E-state index contributed by atoms with van der Waals surface area (Å²) in [5.74, 6) is -0.162. The van der Waals surface area contributed by atoms with E-state index >= 15 is 0 Å². The molecule has 0 N–H and O–H groups in total. The van der Waals surface area contributed by atoms with Gasteiger partial charge >= 0.3 is 14.8 Å². The summed E-state index contributed by atoms with van der Waals surface area (Å²) in [6.45, 7) is 2.12. The number of esters is 1. The second-order valence-corrected chi connectivity index (χ2v) is 9.16. The summed E-state index contributed by atoms with van der Waals surface area (Å²) in [5, 5.41) is 0. The molecule has 0 amide bonds. The van der Waals surface area contributed by atoms with Crippen molar-refractivity contribution < 1.29 is 22.8 Å². The number of hydrogen-bond acceptors (Lipinski definition) is 5. The third-order valence-corrected chi connectivity index (χ3v) is 7.54. The van der Waals surface area contributed by atoms with Crippen molar-refractivity contribution in [3.05, 3.63) is 0 Å². The van der Waals surface area contributed by atoms with Gasteiger partial charge in [0, 0.05) is 33.8 Å². The number of rotatable bonds is 8. The van der Waals surface area contributed by atoms with Crippen LogP contribution in [0.2, 0.25) is 6.04 Å². The number of hydrogen-bond donors (Lipinski definition) is 0. The van der Waals surface area contributed by atoms with Gasteiger partial charge in [0.15, 0.2) is 0 Å². The van der Waals surface area contributed by atoms with Gasteiger partial charge in [-0.05, 0) is 32.1 Å². The van der Waals surface area contributed by atoms with Crippen molar-refractivity contribution in [3.8, 4) is 0 Å². The third kappa shape index (κ3) is 5.65. The Morgan fingerprint density at radius 3 is 1.91 bits per heavy atom. The van der Waals surface area contributed by atoms with Gasteiger partial charge in [0.05, 0.1) is 0 Å². The second kappa shape index (κ2) is 9.65. The molecule has 0 spiro atoms. The first-order valence-corrected chi connectivity index (χ1v) is 10.4.